The fourth-order valence-electron chi connectivity index (χ4n) is 6.05. The van der Waals surface area contributed by atoms with E-state index in [0.717, 1.165) is 37.9 Å². The summed E-state index contributed by atoms with van der Waals surface area (Å²) < 4.78 is 41.9. The third-order valence-corrected chi connectivity index (χ3v) is 7.73. The van der Waals surface area contributed by atoms with Gasteiger partial charge in [-0.3, -0.25) is 14.2 Å². The SMILES string of the molecule is COC(=O)[C@@H]1[C@@H]2C[C@H]3c4[nH]c5ccccc5c4CCN3C[C@@H]2CC[C@@H]1OS(=O)(=O)O. The number of H-pyrrole nitrogens is 1. The largest absolute Gasteiger partial charge is 0.469 e. The Balaban J connectivity index is 1.50. The molecule has 2 fully saturated rings. The Morgan fingerprint density at radius 1 is 1.27 bits per heavy atom. The van der Waals surface area contributed by atoms with Gasteiger partial charge in [-0.25, -0.2) is 4.18 Å². The van der Waals surface area contributed by atoms with Crippen LogP contribution in [-0.2, 0) is 30.5 Å². The number of aromatic nitrogens is 1. The van der Waals surface area contributed by atoms with Crippen molar-refractivity contribution in [3.05, 3.63) is 35.5 Å². The van der Waals surface area contributed by atoms with Gasteiger partial charge in [0.2, 0.25) is 0 Å². The molecule has 3 heterocycles. The number of hydrogen-bond acceptors (Lipinski definition) is 6. The normalized spacial score (nSPS) is 31.6. The number of nitrogens with one attached hydrogen (secondary N) is 1. The Hall–Kier alpha value is -1.94. The van der Waals surface area contributed by atoms with Gasteiger partial charge in [0.05, 0.1) is 25.2 Å². The summed E-state index contributed by atoms with van der Waals surface area (Å²) in [6, 6.07) is 8.42. The van der Waals surface area contributed by atoms with Crippen LogP contribution in [0.5, 0.6) is 0 Å². The van der Waals surface area contributed by atoms with Crippen LogP contribution in [0.25, 0.3) is 10.9 Å². The predicted octanol–water partition coefficient (Wildman–Crippen LogP) is 2.47. The van der Waals surface area contributed by atoms with E-state index in [4.69, 9.17) is 8.92 Å². The Bertz CT molecular complexity index is 1080. The van der Waals surface area contributed by atoms with Crippen LogP contribution in [-0.4, -0.2) is 55.1 Å². The molecule has 0 unspecified atom stereocenters. The quantitative estimate of drug-likeness (QED) is 0.564. The summed E-state index contributed by atoms with van der Waals surface area (Å²) in [7, 11) is -3.34. The highest BCUT2D eigenvalue weighted by molar-refractivity contribution is 7.80. The molecule has 2 aliphatic heterocycles. The lowest BCUT2D eigenvalue weighted by Gasteiger charge is -2.51. The van der Waals surface area contributed by atoms with E-state index in [9.17, 15) is 17.8 Å². The maximum Gasteiger partial charge on any atom is 0.397 e. The first kappa shape index (κ1) is 20.0. The molecule has 0 amide bonds. The third-order valence-electron chi connectivity index (χ3n) is 7.24. The highest BCUT2D eigenvalue weighted by atomic mass is 32.3. The van der Waals surface area contributed by atoms with Gasteiger partial charge in [-0.05, 0) is 49.1 Å². The molecule has 2 N–H and O–H groups in total. The molecule has 0 spiro atoms. The summed E-state index contributed by atoms with van der Waals surface area (Å²) in [5.41, 5.74) is 3.65. The number of para-hydroxylation sites is 1. The minimum absolute atomic E-state index is 0.0726. The first-order valence-corrected chi connectivity index (χ1v) is 11.8. The van der Waals surface area contributed by atoms with Crippen molar-refractivity contribution in [2.24, 2.45) is 17.8 Å². The molecule has 30 heavy (non-hydrogen) atoms. The van der Waals surface area contributed by atoms with E-state index in [1.54, 1.807) is 0 Å². The monoisotopic (exact) mass is 434 g/mol. The Kier molecular flexibility index (Phi) is 4.89. The molecular weight excluding hydrogens is 408 g/mol. The minimum Gasteiger partial charge on any atom is -0.469 e. The number of carbonyl (C=O) groups is 1. The van der Waals surface area contributed by atoms with Gasteiger partial charge in [-0.2, -0.15) is 8.42 Å². The van der Waals surface area contributed by atoms with Crippen molar-refractivity contribution in [2.45, 2.75) is 37.8 Å². The van der Waals surface area contributed by atoms with E-state index in [2.05, 4.69) is 22.0 Å². The number of rotatable bonds is 3. The zero-order chi connectivity index (χ0) is 21.0. The maximum atomic E-state index is 12.7. The van der Waals surface area contributed by atoms with Crippen LogP contribution >= 0.6 is 0 Å². The molecule has 3 aliphatic rings. The van der Waals surface area contributed by atoms with Crippen LogP contribution in [0.3, 0.4) is 0 Å². The standard InChI is InChI=1S/C21H26N2O6S/c1-28-21(24)19-15-10-17-20-14(13-4-2-3-5-16(13)22-20)8-9-23(17)11-12(15)6-7-18(19)29-30(25,26)27/h2-5,12,15,17-19,22H,6-11H2,1H3,(H,25,26,27)/t12-,15+,17-,18-,19+/m0/s1. The lowest BCUT2D eigenvalue weighted by Crippen LogP contribution is -2.54. The van der Waals surface area contributed by atoms with Crippen molar-refractivity contribution in [3.63, 3.8) is 0 Å². The summed E-state index contributed by atoms with van der Waals surface area (Å²) in [6.07, 6.45) is 1.96. The van der Waals surface area contributed by atoms with Crippen LogP contribution in [0.1, 0.15) is 36.6 Å². The Labute approximate surface area is 175 Å². The number of carbonyl (C=O) groups excluding carboxylic acids is 1. The van der Waals surface area contributed by atoms with Gasteiger partial charge in [-0.1, -0.05) is 18.2 Å². The van der Waals surface area contributed by atoms with Crippen LogP contribution < -0.4 is 0 Å². The summed E-state index contributed by atoms with van der Waals surface area (Å²) >= 11 is 0. The highest BCUT2D eigenvalue weighted by Crippen LogP contribution is 2.50. The zero-order valence-electron chi connectivity index (χ0n) is 16.8. The molecule has 9 heteroatoms. The van der Waals surface area contributed by atoms with Crippen LogP contribution in [0, 0.1) is 17.8 Å². The van der Waals surface area contributed by atoms with Crippen molar-refractivity contribution >= 4 is 27.3 Å². The van der Waals surface area contributed by atoms with Crippen LogP contribution in [0.4, 0.5) is 0 Å². The van der Waals surface area contributed by atoms with Crippen molar-refractivity contribution in [1.29, 1.82) is 0 Å². The van der Waals surface area contributed by atoms with Crippen LogP contribution in [0.15, 0.2) is 24.3 Å². The Morgan fingerprint density at radius 3 is 2.83 bits per heavy atom. The number of nitrogens with zero attached hydrogens (tertiary/aromatic N) is 1. The van der Waals surface area contributed by atoms with E-state index in [1.807, 2.05) is 12.1 Å². The van der Waals surface area contributed by atoms with E-state index in [1.165, 1.54) is 23.8 Å². The van der Waals surface area contributed by atoms with Crippen molar-refractivity contribution in [1.82, 2.24) is 9.88 Å². The fourth-order valence-corrected chi connectivity index (χ4v) is 6.57. The van der Waals surface area contributed by atoms with Gasteiger partial charge >= 0.3 is 16.4 Å². The molecule has 5 atom stereocenters. The third kappa shape index (κ3) is 3.33. The van der Waals surface area contributed by atoms with Gasteiger partial charge in [0.15, 0.2) is 0 Å². The average Bonchev–Trinajstić information content (AvgIpc) is 3.10. The minimum atomic E-state index is -4.65. The van der Waals surface area contributed by atoms with Crippen LogP contribution in [0.2, 0.25) is 0 Å². The first-order chi connectivity index (χ1) is 14.4. The fraction of sp³-hybridized carbons (Fsp3) is 0.571. The summed E-state index contributed by atoms with van der Waals surface area (Å²) in [5, 5.41) is 1.25. The van der Waals surface area contributed by atoms with Gasteiger partial charge < -0.3 is 9.72 Å². The van der Waals surface area contributed by atoms with Gasteiger partial charge in [0.25, 0.3) is 0 Å². The molecule has 0 radical (unpaired) electrons. The van der Waals surface area contributed by atoms with E-state index >= 15 is 0 Å². The molecular formula is C21H26N2O6S. The maximum absolute atomic E-state index is 12.7. The van der Waals surface area contributed by atoms with Gasteiger partial charge in [0.1, 0.15) is 0 Å². The number of methoxy groups -OCH3 is 1. The number of ether oxygens (including phenoxy) is 1. The van der Waals surface area contributed by atoms with Gasteiger partial charge in [0, 0.05) is 29.7 Å². The number of aromatic amines is 1. The number of hydrogen-bond donors (Lipinski definition) is 2. The number of benzene rings is 1. The van der Waals surface area contributed by atoms with E-state index in [-0.39, 0.29) is 17.9 Å². The van der Waals surface area contributed by atoms with Crippen molar-refractivity contribution < 1.29 is 26.7 Å². The number of esters is 1. The molecule has 0 bridgehead atoms. The topological polar surface area (TPSA) is 109 Å². The van der Waals surface area contributed by atoms with Crippen molar-refractivity contribution in [2.75, 3.05) is 20.2 Å². The molecule has 1 aromatic carbocycles. The first-order valence-electron chi connectivity index (χ1n) is 10.4. The van der Waals surface area contributed by atoms with E-state index < -0.39 is 28.4 Å². The zero-order valence-corrected chi connectivity index (χ0v) is 17.6. The molecule has 1 aliphatic carbocycles. The number of fused-ring (bicyclic) bond motifs is 6. The molecule has 5 rings (SSSR count). The second-order valence-corrected chi connectivity index (χ2v) is 9.72. The summed E-state index contributed by atoms with van der Waals surface area (Å²) in [5.74, 6) is -0.999. The highest BCUT2D eigenvalue weighted by Gasteiger charge is 2.51. The molecule has 1 aromatic heterocycles. The molecule has 1 saturated carbocycles. The molecule has 162 valence electrons. The lowest BCUT2D eigenvalue weighted by molar-refractivity contribution is -0.158. The van der Waals surface area contributed by atoms with Crippen molar-refractivity contribution in [3.8, 4) is 0 Å². The van der Waals surface area contributed by atoms with Gasteiger partial charge in [-0.15, -0.1) is 0 Å². The Morgan fingerprint density at radius 2 is 2.07 bits per heavy atom. The smallest absolute Gasteiger partial charge is 0.397 e. The molecule has 2 aromatic rings. The number of piperidine rings is 1. The summed E-state index contributed by atoms with van der Waals surface area (Å²) in [4.78, 5) is 18.7. The second kappa shape index (κ2) is 7.33. The second-order valence-electron chi connectivity index (χ2n) is 8.67. The molecule has 8 nitrogen and oxygen atoms in total. The average molecular weight is 435 g/mol. The lowest BCUT2D eigenvalue weighted by atomic mass is 9.65. The van der Waals surface area contributed by atoms with E-state index in [0.29, 0.717) is 6.42 Å². The molecule has 1 saturated heterocycles. The predicted molar refractivity (Wildman–Crippen MR) is 109 cm³/mol. The summed E-state index contributed by atoms with van der Waals surface area (Å²) in [6.45, 7) is 1.83.